The summed E-state index contributed by atoms with van der Waals surface area (Å²) < 4.78 is 1.59. The number of fused-ring (bicyclic) bond motifs is 1. The summed E-state index contributed by atoms with van der Waals surface area (Å²) >= 11 is 4.15. The quantitative estimate of drug-likeness (QED) is 0.426. The van der Waals surface area contributed by atoms with Gasteiger partial charge in [0.2, 0.25) is 0 Å². The molecule has 0 saturated heterocycles. The number of aliphatic hydroxyl groups is 1. The van der Waals surface area contributed by atoms with Gasteiger partial charge >= 0.3 is 0 Å². The van der Waals surface area contributed by atoms with Crippen molar-refractivity contribution in [2.24, 2.45) is 0 Å². The highest BCUT2D eigenvalue weighted by atomic mass is 127. The van der Waals surface area contributed by atoms with E-state index in [1.807, 2.05) is 40.8 Å². The molecule has 0 fully saturated rings. The minimum atomic E-state index is 0.0283. The van der Waals surface area contributed by atoms with Crippen LogP contribution in [0, 0.1) is 3.57 Å². The number of hydrogen-bond acceptors (Lipinski definition) is 3. The number of hydrogen-bond donors (Lipinski definition) is 1. The van der Waals surface area contributed by atoms with Crippen LogP contribution in [0.5, 0.6) is 0 Å². The maximum Gasteiger partial charge on any atom is 0.155 e. The lowest BCUT2D eigenvalue weighted by Gasteiger charge is -2.03. The topological polar surface area (TPSA) is 50.9 Å². The third-order valence-electron chi connectivity index (χ3n) is 2.25. The summed E-state index contributed by atoms with van der Waals surface area (Å²) in [5.41, 5.74) is 1.95. The average Bonchev–Trinajstić information content (AvgIpc) is 2.72. The van der Waals surface area contributed by atoms with Gasteiger partial charge in [-0.1, -0.05) is 13.2 Å². The molecular weight excluding hydrogens is 456 g/mol. The van der Waals surface area contributed by atoms with Crippen molar-refractivity contribution in [1.82, 2.24) is 15.0 Å². The van der Waals surface area contributed by atoms with Crippen molar-refractivity contribution in [1.29, 1.82) is 0 Å². The van der Waals surface area contributed by atoms with E-state index in [4.69, 9.17) is 0 Å². The van der Waals surface area contributed by atoms with Crippen LogP contribution < -0.4 is 0 Å². The molecule has 0 aliphatic rings. The molecule has 4 nitrogen and oxygen atoms in total. The SMILES string of the molecule is C=C/C(=C(/O)C(=C)I)n1nc2ccc(I)cc2n1. The number of rotatable bonds is 3. The molecule has 1 aromatic carbocycles. The molecule has 1 aromatic heterocycles. The molecule has 0 spiro atoms. The summed E-state index contributed by atoms with van der Waals surface area (Å²) in [6.45, 7) is 7.34. The van der Waals surface area contributed by atoms with Gasteiger partial charge in [-0.3, -0.25) is 0 Å². The fourth-order valence-corrected chi connectivity index (χ4v) is 2.16. The van der Waals surface area contributed by atoms with E-state index < -0.39 is 0 Å². The van der Waals surface area contributed by atoms with Gasteiger partial charge in [-0.25, -0.2) is 0 Å². The maximum atomic E-state index is 9.92. The van der Waals surface area contributed by atoms with Crippen LogP contribution in [-0.2, 0) is 0 Å². The fourth-order valence-electron chi connectivity index (χ4n) is 1.41. The second kappa shape index (κ2) is 5.39. The summed E-state index contributed by atoms with van der Waals surface area (Å²) in [6.07, 6.45) is 1.50. The van der Waals surface area contributed by atoms with E-state index in [0.29, 0.717) is 9.28 Å². The Morgan fingerprint density at radius 2 is 2.00 bits per heavy atom. The van der Waals surface area contributed by atoms with Crippen molar-refractivity contribution in [3.8, 4) is 0 Å². The van der Waals surface area contributed by atoms with Gasteiger partial charge in [-0.2, -0.15) is 0 Å². The van der Waals surface area contributed by atoms with Gasteiger partial charge < -0.3 is 5.11 Å². The molecular formula is C12H9I2N3O. The molecule has 92 valence electrons. The zero-order valence-electron chi connectivity index (χ0n) is 9.27. The molecule has 0 amide bonds. The predicted octanol–water partition coefficient (Wildman–Crippen LogP) is 3.90. The Bertz CT molecular complexity index is 673. The summed E-state index contributed by atoms with van der Waals surface area (Å²) in [5.74, 6) is 0.0283. The molecule has 1 heterocycles. The first-order chi connectivity index (χ1) is 8.52. The van der Waals surface area contributed by atoms with Crippen LogP contribution >= 0.6 is 45.2 Å². The van der Waals surface area contributed by atoms with Gasteiger partial charge in [0.1, 0.15) is 16.7 Å². The first kappa shape index (κ1) is 13.5. The zero-order valence-corrected chi connectivity index (χ0v) is 13.6. The summed E-state index contributed by atoms with van der Waals surface area (Å²) in [6, 6.07) is 5.77. The summed E-state index contributed by atoms with van der Waals surface area (Å²) in [7, 11) is 0. The van der Waals surface area contributed by atoms with E-state index in [9.17, 15) is 5.11 Å². The van der Waals surface area contributed by atoms with Crippen molar-refractivity contribution >= 4 is 61.9 Å². The lowest BCUT2D eigenvalue weighted by molar-refractivity contribution is 0.429. The minimum absolute atomic E-state index is 0.0283. The van der Waals surface area contributed by atoms with Crippen LogP contribution in [0.3, 0.4) is 0 Å². The highest BCUT2D eigenvalue weighted by Crippen LogP contribution is 2.21. The largest absolute Gasteiger partial charge is 0.505 e. The molecule has 18 heavy (non-hydrogen) atoms. The number of nitrogens with zero attached hydrogens (tertiary/aromatic N) is 3. The summed E-state index contributed by atoms with van der Waals surface area (Å²) in [5, 5.41) is 18.5. The first-order valence-electron chi connectivity index (χ1n) is 4.96. The van der Waals surface area contributed by atoms with Crippen molar-refractivity contribution in [2.75, 3.05) is 0 Å². The van der Waals surface area contributed by atoms with Crippen molar-refractivity contribution in [3.05, 3.63) is 50.3 Å². The van der Waals surface area contributed by atoms with E-state index in [1.165, 1.54) is 10.9 Å². The van der Waals surface area contributed by atoms with E-state index in [-0.39, 0.29) is 5.76 Å². The van der Waals surface area contributed by atoms with Crippen LogP contribution in [0.4, 0.5) is 0 Å². The molecule has 0 radical (unpaired) electrons. The average molecular weight is 465 g/mol. The Hall–Kier alpha value is -0.900. The normalized spacial score (nSPS) is 12.3. The third-order valence-corrected chi connectivity index (χ3v) is 3.43. The zero-order chi connectivity index (χ0) is 13.3. The lowest BCUT2D eigenvalue weighted by Crippen LogP contribution is -2.02. The predicted molar refractivity (Wildman–Crippen MR) is 89.4 cm³/mol. The van der Waals surface area contributed by atoms with E-state index in [1.54, 1.807) is 0 Å². The Balaban J connectivity index is 2.63. The summed E-state index contributed by atoms with van der Waals surface area (Å²) in [4.78, 5) is 1.37. The number of halogens is 2. The van der Waals surface area contributed by atoms with Gasteiger partial charge in [0.05, 0.1) is 0 Å². The molecule has 2 rings (SSSR count). The van der Waals surface area contributed by atoms with Gasteiger partial charge in [0.15, 0.2) is 5.76 Å². The molecule has 0 atom stereocenters. The van der Waals surface area contributed by atoms with E-state index in [2.05, 4.69) is 45.9 Å². The Labute approximate surface area is 131 Å². The highest BCUT2D eigenvalue weighted by molar-refractivity contribution is 14.1. The lowest BCUT2D eigenvalue weighted by atomic mass is 10.3. The molecule has 6 heteroatoms. The standard InChI is InChI=1S/C12H9I2N3O/c1-3-11(12(18)7(2)13)17-15-9-5-4-8(14)6-10(9)16-17/h3-6,18H,1-2H2/b12-11-. The maximum absolute atomic E-state index is 9.92. The minimum Gasteiger partial charge on any atom is -0.505 e. The molecule has 2 aromatic rings. The molecule has 0 bridgehead atoms. The number of benzene rings is 1. The Morgan fingerprint density at radius 3 is 2.61 bits per heavy atom. The molecule has 1 N–H and O–H groups in total. The van der Waals surface area contributed by atoms with Crippen LogP contribution in [-0.4, -0.2) is 20.1 Å². The number of aromatic nitrogens is 3. The third kappa shape index (κ3) is 2.58. The monoisotopic (exact) mass is 465 g/mol. The van der Waals surface area contributed by atoms with Crippen molar-refractivity contribution < 1.29 is 5.11 Å². The van der Waals surface area contributed by atoms with Crippen LogP contribution in [0.15, 0.2) is 46.8 Å². The van der Waals surface area contributed by atoms with Crippen molar-refractivity contribution in [2.45, 2.75) is 0 Å². The molecule has 0 saturated carbocycles. The molecule has 0 unspecified atom stereocenters. The van der Waals surface area contributed by atoms with Crippen LogP contribution in [0.25, 0.3) is 16.7 Å². The van der Waals surface area contributed by atoms with Gasteiger partial charge in [0, 0.05) is 7.15 Å². The Kier molecular flexibility index (Phi) is 4.05. The Morgan fingerprint density at radius 1 is 1.33 bits per heavy atom. The van der Waals surface area contributed by atoms with Crippen molar-refractivity contribution in [3.63, 3.8) is 0 Å². The molecule has 0 aliphatic heterocycles. The smallest absolute Gasteiger partial charge is 0.155 e. The van der Waals surface area contributed by atoms with Crippen LogP contribution in [0.2, 0.25) is 0 Å². The van der Waals surface area contributed by atoms with E-state index in [0.717, 1.165) is 14.6 Å². The number of allylic oxidation sites excluding steroid dienone is 3. The number of aliphatic hydroxyl groups excluding tert-OH is 1. The van der Waals surface area contributed by atoms with E-state index >= 15 is 0 Å². The highest BCUT2D eigenvalue weighted by Gasteiger charge is 2.10. The first-order valence-corrected chi connectivity index (χ1v) is 7.12. The van der Waals surface area contributed by atoms with Gasteiger partial charge in [-0.05, 0) is 69.5 Å². The fraction of sp³-hybridized carbons (Fsp3) is 0. The molecule has 0 aliphatic carbocycles. The second-order valence-corrected chi connectivity index (χ2v) is 6.01. The second-order valence-electron chi connectivity index (χ2n) is 3.47. The van der Waals surface area contributed by atoms with Gasteiger partial charge in [-0.15, -0.1) is 15.0 Å². The van der Waals surface area contributed by atoms with Crippen LogP contribution in [0.1, 0.15) is 0 Å². The van der Waals surface area contributed by atoms with Gasteiger partial charge in [0.25, 0.3) is 0 Å².